The van der Waals surface area contributed by atoms with Gasteiger partial charge in [-0.1, -0.05) is 11.3 Å². The second-order valence-electron chi connectivity index (χ2n) is 3.31. The fraction of sp³-hybridized carbons (Fsp3) is 0.625. The summed E-state index contributed by atoms with van der Waals surface area (Å²) < 4.78 is 0. The fourth-order valence-electron chi connectivity index (χ4n) is 1.43. The summed E-state index contributed by atoms with van der Waals surface area (Å²) in [4.78, 5) is 11.6. The number of carbonyl (C=O) groups excluding carboxylic acids is 1. The number of halogens is 1. The molecule has 1 atom stereocenters. The van der Waals surface area contributed by atoms with E-state index in [2.05, 4.69) is 20.8 Å². The van der Waals surface area contributed by atoms with Crippen LogP contribution in [0.4, 0.5) is 5.13 Å². The Morgan fingerprint density at radius 2 is 2.40 bits per heavy atom. The summed E-state index contributed by atoms with van der Waals surface area (Å²) in [5.74, 6) is 0.130. The van der Waals surface area contributed by atoms with E-state index < -0.39 is 0 Å². The fourth-order valence-corrected chi connectivity index (χ4v) is 2.03. The normalized spacial score (nSPS) is 19.7. The second-order valence-corrected chi connectivity index (χ2v) is 4.49. The van der Waals surface area contributed by atoms with Crippen LogP contribution in [0.2, 0.25) is 0 Å². The van der Waals surface area contributed by atoms with Gasteiger partial charge >= 0.3 is 0 Å². The number of amides is 1. The number of aryl methyl sites for hydroxylation is 1. The third-order valence-electron chi connectivity index (χ3n) is 2.19. The summed E-state index contributed by atoms with van der Waals surface area (Å²) in [5, 5.41) is 15.1. The average Bonchev–Trinajstić information content (AvgIpc) is 2.75. The number of hydrogen-bond acceptors (Lipinski definition) is 5. The van der Waals surface area contributed by atoms with Gasteiger partial charge in [0.25, 0.3) is 0 Å². The second kappa shape index (κ2) is 5.39. The summed E-state index contributed by atoms with van der Waals surface area (Å²) in [6.07, 6.45) is 0.906. The van der Waals surface area contributed by atoms with Gasteiger partial charge in [0.15, 0.2) is 0 Å². The Balaban J connectivity index is 0.00000112. The molecule has 2 rings (SSSR count). The van der Waals surface area contributed by atoms with Crippen LogP contribution in [0.25, 0.3) is 0 Å². The highest BCUT2D eigenvalue weighted by atomic mass is 35.5. The zero-order valence-electron chi connectivity index (χ0n) is 8.32. The molecule has 1 amide bonds. The van der Waals surface area contributed by atoms with Gasteiger partial charge in [-0.2, -0.15) is 0 Å². The van der Waals surface area contributed by atoms with Gasteiger partial charge in [0.2, 0.25) is 11.0 Å². The molecule has 1 fully saturated rings. The molecule has 1 aromatic rings. The minimum atomic E-state index is 0. The molecule has 7 heteroatoms. The van der Waals surface area contributed by atoms with Crippen LogP contribution in [-0.2, 0) is 4.79 Å². The Morgan fingerprint density at radius 3 is 2.93 bits per heavy atom. The van der Waals surface area contributed by atoms with Crippen LogP contribution in [0.3, 0.4) is 0 Å². The lowest BCUT2D eigenvalue weighted by atomic mass is 10.1. The van der Waals surface area contributed by atoms with Crippen LogP contribution in [0.15, 0.2) is 0 Å². The van der Waals surface area contributed by atoms with Crippen LogP contribution in [-0.4, -0.2) is 29.2 Å². The van der Waals surface area contributed by atoms with Crippen LogP contribution in [0.5, 0.6) is 0 Å². The molecule has 15 heavy (non-hydrogen) atoms. The first-order chi connectivity index (χ1) is 6.75. The number of aromatic nitrogens is 2. The van der Waals surface area contributed by atoms with Crippen molar-refractivity contribution in [3.05, 3.63) is 5.01 Å². The number of nitrogens with zero attached hydrogens (tertiary/aromatic N) is 2. The Morgan fingerprint density at radius 1 is 1.60 bits per heavy atom. The van der Waals surface area contributed by atoms with Gasteiger partial charge in [-0.05, 0) is 19.9 Å². The Kier molecular flexibility index (Phi) is 4.44. The molecule has 5 nitrogen and oxygen atoms in total. The summed E-state index contributed by atoms with van der Waals surface area (Å²) in [5.41, 5.74) is 0. The first kappa shape index (κ1) is 12.4. The van der Waals surface area contributed by atoms with Gasteiger partial charge < -0.3 is 10.6 Å². The first-order valence-electron chi connectivity index (χ1n) is 4.57. The lowest BCUT2D eigenvalue weighted by Gasteiger charge is -2.05. The molecule has 1 unspecified atom stereocenters. The summed E-state index contributed by atoms with van der Waals surface area (Å²) >= 11 is 1.40. The molecule has 0 radical (unpaired) electrons. The van der Waals surface area contributed by atoms with E-state index in [1.807, 2.05) is 6.92 Å². The van der Waals surface area contributed by atoms with Crippen molar-refractivity contribution in [2.45, 2.75) is 13.3 Å². The first-order valence-corrected chi connectivity index (χ1v) is 5.39. The molecule has 0 aliphatic carbocycles. The molecule has 1 aromatic heterocycles. The molecular formula is C8H13ClN4OS. The highest BCUT2D eigenvalue weighted by Crippen LogP contribution is 2.16. The van der Waals surface area contributed by atoms with E-state index in [0.29, 0.717) is 5.13 Å². The monoisotopic (exact) mass is 248 g/mol. The molecule has 84 valence electrons. The number of hydrogen-bond donors (Lipinski definition) is 2. The van der Waals surface area contributed by atoms with Crippen molar-refractivity contribution in [2.75, 3.05) is 18.4 Å². The minimum Gasteiger partial charge on any atom is -0.316 e. The van der Waals surface area contributed by atoms with Crippen molar-refractivity contribution >= 4 is 34.8 Å². The van der Waals surface area contributed by atoms with Crippen molar-refractivity contribution < 1.29 is 4.79 Å². The van der Waals surface area contributed by atoms with Gasteiger partial charge in [0.05, 0.1) is 5.92 Å². The number of nitrogens with one attached hydrogen (secondary N) is 2. The molecule has 2 heterocycles. The molecule has 0 saturated carbocycles. The number of anilines is 1. The lowest BCUT2D eigenvalue weighted by Crippen LogP contribution is -2.24. The topological polar surface area (TPSA) is 66.9 Å². The van der Waals surface area contributed by atoms with Gasteiger partial charge in [-0.25, -0.2) is 0 Å². The average molecular weight is 249 g/mol. The quantitative estimate of drug-likeness (QED) is 0.813. The maximum Gasteiger partial charge on any atom is 0.230 e. The van der Waals surface area contributed by atoms with Crippen molar-refractivity contribution in [1.29, 1.82) is 0 Å². The molecule has 1 aliphatic heterocycles. The Hall–Kier alpha value is -0.720. The number of rotatable bonds is 2. The van der Waals surface area contributed by atoms with Crippen molar-refractivity contribution in [3.8, 4) is 0 Å². The predicted octanol–water partition coefficient (Wildman–Crippen LogP) is 0.816. The minimum absolute atomic E-state index is 0. The van der Waals surface area contributed by atoms with E-state index in [1.54, 1.807) is 0 Å². The summed E-state index contributed by atoms with van der Waals surface area (Å²) in [6, 6.07) is 0. The lowest BCUT2D eigenvalue weighted by molar-refractivity contribution is -0.119. The molecular weight excluding hydrogens is 236 g/mol. The van der Waals surface area contributed by atoms with Crippen molar-refractivity contribution in [2.24, 2.45) is 5.92 Å². The van der Waals surface area contributed by atoms with Crippen LogP contribution in [0.1, 0.15) is 11.4 Å². The molecule has 1 aliphatic rings. The standard InChI is InChI=1S/C8H12N4OS.ClH/c1-5-11-12-8(14-5)10-7(13)6-2-3-9-4-6;/h6,9H,2-4H2,1H3,(H,10,12,13);1H. The van der Waals surface area contributed by atoms with Crippen molar-refractivity contribution in [3.63, 3.8) is 0 Å². The van der Waals surface area contributed by atoms with Gasteiger partial charge in [-0.15, -0.1) is 22.6 Å². The zero-order valence-corrected chi connectivity index (χ0v) is 9.95. The molecule has 0 bridgehead atoms. The van der Waals surface area contributed by atoms with Crippen LogP contribution >= 0.6 is 23.7 Å². The summed E-state index contributed by atoms with van der Waals surface area (Å²) in [7, 11) is 0. The highest BCUT2D eigenvalue weighted by molar-refractivity contribution is 7.15. The Bertz CT molecular complexity index is 337. The van der Waals surface area contributed by atoms with Gasteiger partial charge in [-0.3, -0.25) is 4.79 Å². The van der Waals surface area contributed by atoms with E-state index in [9.17, 15) is 4.79 Å². The van der Waals surface area contributed by atoms with E-state index >= 15 is 0 Å². The molecule has 0 spiro atoms. The van der Waals surface area contributed by atoms with Gasteiger partial charge in [0, 0.05) is 6.54 Å². The van der Waals surface area contributed by atoms with Crippen molar-refractivity contribution in [1.82, 2.24) is 15.5 Å². The zero-order chi connectivity index (χ0) is 9.97. The molecule has 1 saturated heterocycles. The molecule has 2 N–H and O–H groups in total. The van der Waals surface area contributed by atoms with E-state index in [4.69, 9.17) is 0 Å². The Labute approximate surface area is 98.1 Å². The van der Waals surface area contributed by atoms with E-state index in [0.717, 1.165) is 24.5 Å². The maximum absolute atomic E-state index is 11.6. The maximum atomic E-state index is 11.6. The number of carbonyl (C=O) groups is 1. The third kappa shape index (κ3) is 3.12. The van der Waals surface area contributed by atoms with Crippen LogP contribution in [0, 0.1) is 12.8 Å². The predicted molar refractivity (Wildman–Crippen MR) is 61.5 cm³/mol. The van der Waals surface area contributed by atoms with E-state index in [-0.39, 0.29) is 24.2 Å². The van der Waals surface area contributed by atoms with E-state index in [1.165, 1.54) is 11.3 Å². The SMILES string of the molecule is Cc1nnc(NC(=O)C2CCNC2)s1.Cl. The third-order valence-corrected chi connectivity index (χ3v) is 2.94. The van der Waals surface area contributed by atoms with Crippen LogP contribution < -0.4 is 10.6 Å². The molecule has 0 aromatic carbocycles. The largest absolute Gasteiger partial charge is 0.316 e. The smallest absolute Gasteiger partial charge is 0.230 e. The summed E-state index contributed by atoms with van der Waals surface area (Å²) in [6.45, 7) is 3.56. The highest BCUT2D eigenvalue weighted by Gasteiger charge is 2.22. The van der Waals surface area contributed by atoms with Gasteiger partial charge in [0.1, 0.15) is 5.01 Å².